The van der Waals surface area contributed by atoms with E-state index in [0.29, 0.717) is 67.7 Å². The number of piperidine rings is 1. The number of aromatic nitrogens is 2. The average molecular weight is 717 g/mol. The Hall–Kier alpha value is -4.16. The zero-order valence-corrected chi connectivity index (χ0v) is 30.2. The van der Waals surface area contributed by atoms with E-state index >= 15 is 0 Å². The van der Waals surface area contributed by atoms with Crippen LogP contribution in [0.15, 0.2) is 47.3 Å². The van der Waals surface area contributed by atoms with Gasteiger partial charge in [-0.15, -0.1) is 0 Å². The lowest BCUT2D eigenvalue weighted by molar-refractivity contribution is -0.135. The van der Waals surface area contributed by atoms with Crippen LogP contribution in [0.25, 0.3) is 10.8 Å². The molecule has 3 aromatic rings. The number of benzene rings is 2. The smallest absolute Gasteiger partial charge is 0.272 e. The number of H-pyrrole nitrogens is 1. The van der Waals surface area contributed by atoms with E-state index in [0.717, 1.165) is 57.5 Å². The lowest BCUT2D eigenvalue weighted by atomic mass is 9.85. The molecule has 2 N–H and O–H groups in total. The Bertz CT molecular complexity index is 1710. The van der Waals surface area contributed by atoms with Gasteiger partial charge in [-0.25, -0.2) is 9.49 Å². The average Bonchev–Trinajstić information content (AvgIpc) is 3.17. The number of aromatic amines is 1. The van der Waals surface area contributed by atoms with Crippen LogP contribution in [0.4, 0.5) is 4.39 Å². The highest BCUT2D eigenvalue weighted by atomic mass is 19.1. The quantitative estimate of drug-likeness (QED) is 0.173. The molecule has 3 aliphatic rings. The van der Waals surface area contributed by atoms with Gasteiger partial charge < -0.3 is 19.9 Å². The Morgan fingerprint density at radius 1 is 0.942 bits per heavy atom. The summed E-state index contributed by atoms with van der Waals surface area (Å²) in [4.78, 5) is 55.4. The highest BCUT2D eigenvalue weighted by Crippen LogP contribution is 2.29. The largest absolute Gasteiger partial charge is 0.375 e. The highest BCUT2D eigenvalue weighted by Gasteiger charge is 2.29. The van der Waals surface area contributed by atoms with Crippen LogP contribution in [0.2, 0.25) is 0 Å². The van der Waals surface area contributed by atoms with Gasteiger partial charge in [0.15, 0.2) is 0 Å². The molecule has 12 heteroatoms. The summed E-state index contributed by atoms with van der Waals surface area (Å²) in [7, 11) is 0. The summed E-state index contributed by atoms with van der Waals surface area (Å²) in [5.41, 5.74) is 1.05. The SMILES string of the molecule is O=CNCCC(CCCC1CCCCC1)OC1CCN(CC(=O)N2CCN(C(=O)c3cc(Cc4n[nH]c(=O)c5ccccc45)ccc3F)CC2)CC1. The molecule has 3 heterocycles. The zero-order chi connectivity index (χ0) is 36.3. The van der Waals surface area contributed by atoms with E-state index in [1.165, 1.54) is 44.6 Å². The fourth-order valence-electron chi connectivity index (χ4n) is 8.14. The molecule has 0 bridgehead atoms. The lowest BCUT2D eigenvalue weighted by Gasteiger charge is -2.37. The molecule has 3 fully saturated rings. The van der Waals surface area contributed by atoms with Gasteiger partial charge in [-0.05, 0) is 55.4 Å². The minimum absolute atomic E-state index is 0.0115. The van der Waals surface area contributed by atoms with Crippen molar-refractivity contribution in [1.82, 2.24) is 30.2 Å². The van der Waals surface area contributed by atoms with Gasteiger partial charge in [-0.2, -0.15) is 5.10 Å². The molecule has 2 aliphatic heterocycles. The van der Waals surface area contributed by atoms with Crippen molar-refractivity contribution in [1.29, 1.82) is 0 Å². The number of likely N-dealkylation sites (tertiary alicyclic amines) is 1. The van der Waals surface area contributed by atoms with E-state index in [1.807, 2.05) is 12.1 Å². The van der Waals surface area contributed by atoms with Crippen LogP contribution in [0, 0.1) is 11.7 Å². The summed E-state index contributed by atoms with van der Waals surface area (Å²) in [6.45, 7) is 3.99. The maximum Gasteiger partial charge on any atom is 0.272 e. The Kier molecular flexibility index (Phi) is 13.4. The molecule has 1 atom stereocenters. The maximum absolute atomic E-state index is 15.0. The number of piperazine rings is 1. The van der Waals surface area contributed by atoms with Crippen LogP contribution >= 0.6 is 0 Å². The number of hydrogen-bond donors (Lipinski definition) is 2. The molecule has 1 aliphatic carbocycles. The number of nitrogens with zero attached hydrogens (tertiary/aromatic N) is 4. The van der Waals surface area contributed by atoms with E-state index in [2.05, 4.69) is 20.4 Å². The van der Waals surface area contributed by atoms with Crippen molar-refractivity contribution in [3.63, 3.8) is 0 Å². The third kappa shape index (κ3) is 10.0. The van der Waals surface area contributed by atoms with Crippen molar-refractivity contribution in [3.05, 3.63) is 75.5 Å². The van der Waals surface area contributed by atoms with E-state index in [1.54, 1.807) is 34.1 Å². The zero-order valence-electron chi connectivity index (χ0n) is 30.2. The number of fused-ring (bicyclic) bond motifs is 1. The molecule has 2 aromatic carbocycles. The Morgan fingerprint density at radius 3 is 2.42 bits per heavy atom. The third-order valence-corrected chi connectivity index (χ3v) is 11.2. The molecule has 0 radical (unpaired) electrons. The van der Waals surface area contributed by atoms with Crippen molar-refractivity contribution >= 4 is 29.0 Å². The van der Waals surface area contributed by atoms with Crippen LogP contribution in [0.5, 0.6) is 0 Å². The maximum atomic E-state index is 15.0. The van der Waals surface area contributed by atoms with Crippen LogP contribution in [-0.2, 0) is 20.7 Å². The van der Waals surface area contributed by atoms with Crippen molar-refractivity contribution in [3.8, 4) is 0 Å². The summed E-state index contributed by atoms with van der Waals surface area (Å²) in [5, 5.41) is 10.8. The van der Waals surface area contributed by atoms with Crippen molar-refractivity contribution < 1.29 is 23.5 Å². The van der Waals surface area contributed by atoms with Gasteiger partial charge in [0.1, 0.15) is 5.82 Å². The molecule has 0 spiro atoms. The Balaban J connectivity index is 0.944. The first-order chi connectivity index (χ1) is 25.4. The molecule has 6 rings (SSSR count). The summed E-state index contributed by atoms with van der Waals surface area (Å²) in [5.74, 6) is -0.0997. The second-order valence-electron chi connectivity index (χ2n) is 14.7. The van der Waals surface area contributed by atoms with E-state index in [-0.39, 0.29) is 29.2 Å². The highest BCUT2D eigenvalue weighted by molar-refractivity contribution is 5.95. The number of nitrogens with one attached hydrogen (secondary N) is 2. The number of halogens is 1. The van der Waals surface area contributed by atoms with Crippen LogP contribution in [0.3, 0.4) is 0 Å². The van der Waals surface area contributed by atoms with Gasteiger partial charge >= 0.3 is 0 Å². The van der Waals surface area contributed by atoms with E-state index in [9.17, 15) is 23.6 Å². The predicted molar refractivity (Wildman–Crippen MR) is 197 cm³/mol. The standard InChI is InChI=1S/C40H53FN6O5/c41-36-14-13-30(26-37-33-11-4-5-12-34(33)39(50)44-43-37)25-35(36)40(51)47-23-21-46(22-24-47)38(49)27-45-19-16-32(17-20-45)52-31(15-18-42-28-48)10-6-9-29-7-2-1-3-8-29/h4-5,11-14,25,28-29,31-32H,1-3,6-10,15-24,26-27H2,(H,42,48)(H,44,50). The number of carbonyl (C=O) groups excluding carboxylic acids is 3. The van der Waals surface area contributed by atoms with Gasteiger partial charge in [-0.3, -0.25) is 24.1 Å². The van der Waals surface area contributed by atoms with E-state index in [4.69, 9.17) is 4.74 Å². The molecule has 1 aromatic heterocycles. The molecular weight excluding hydrogens is 663 g/mol. The summed E-state index contributed by atoms with van der Waals surface area (Å²) in [6, 6.07) is 11.7. The first kappa shape index (κ1) is 37.6. The molecule has 2 saturated heterocycles. The molecule has 52 heavy (non-hydrogen) atoms. The minimum atomic E-state index is -0.595. The summed E-state index contributed by atoms with van der Waals surface area (Å²) in [6.07, 6.45) is 14.2. The van der Waals surface area contributed by atoms with E-state index < -0.39 is 11.7 Å². The fourth-order valence-corrected chi connectivity index (χ4v) is 8.14. The summed E-state index contributed by atoms with van der Waals surface area (Å²) < 4.78 is 21.5. The minimum Gasteiger partial charge on any atom is -0.375 e. The molecule has 1 saturated carbocycles. The van der Waals surface area contributed by atoms with Gasteiger partial charge in [0.2, 0.25) is 12.3 Å². The Morgan fingerprint density at radius 2 is 1.67 bits per heavy atom. The van der Waals surface area contributed by atoms with Crippen LogP contribution in [0.1, 0.15) is 92.2 Å². The first-order valence-corrected chi connectivity index (χ1v) is 19.2. The third-order valence-electron chi connectivity index (χ3n) is 11.2. The first-order valence-electron chi connectivity index (χ1n) is 19.2. The van der Waals surface area contributed by atoms with Gasteiger partial charge in [0.25, 0.3) is 11.5 Å². The van der Waals surface area contributed by atoms with Crippen molar-refractivity contribution in [2.75, 3.05) is 52.4 Å². The Labute approximate surface area is 305 Å². The molecule has 11 nitrogen and oxygen atoms in total. The number of amides is 3. The topological polar surface area (TPSA) is 128 Å². The fraction of sp³-hybridized carbons (Fsp3) is 0.575. The van der Waals surface area contributed by atoms with Crippen molar-refractivity contribution in [2.45, 2.75) is 89.3 Å². The number of carbonyl (C=O) groups is 3. The van der Waals surface area contributed by atoms with Crippen LogP contribution < -0.4 is 10.9 Å². The number of rotatable bonds is 15. The number of ether oxygens (including phenoxy) is 1. The number of hydrogen-bond acceptors (Lipinski definition) is 7. The molecule has 280 valence electrons. The van der Waals surface area contributed by atoms with Crippen molar-refractivity contribution in [2.24, 2.45) is 5.92 Å². The van der Waals surface area contributed by atoms with Gasteiger partial charge in [-0.1, -0.05) is 69.2 Å². The second-order valence-corrected chi connectivity index (χ2v) is 14.7. The second kappa shape index (κ2) is 18.6. The van der Waals surface area contributed by atoms with Gasteiger partial charge in [0, 0.05) is 57.6 Å². The molecular formula is C40H53FN6O5. The normalized spacial score (nSPS) is 18.4. The molecule has 1 unspecified atom stereocenters. The summed E-state index contributed by atoms with van der Waals surface area (Å²) >= 11 is 0. The lowest BCUT2D eigenvalue weighted by Crippen LogP contribution is -2.53. The monoisotopic (exact) mass is 716 g/mol. The van der Waals surface area contributed by atoms with Crippen LogP contribution in [-0.4, -0.2) is 108 Å². The predicted octanol–water partition coefficient (Wildman–Crippen LogP) is 4.67. The molecule has 3 amide bonds. The van der Waals surface area contributed by atoms with Gasteiger partial charge in [0.05, 0.1) is 35.4 Å².